The van der Waals surface area contributed by atoms with Crippen molar-refractivity contribution < 1.29 is 19.1 Å². The second-order valence-electron chi connectivity index (χ2n) is 14.3. The van der Waals surface area contributed by atoms with Gasteiger partial charge in [0.25, 0.3) is 0 Å². The van der Waals surface area contributed by atoms with E-state index in [0.29, 0.717) is 47.7 Å². The molecule has 0 spiro atoms. The predicted molar refractivity (Wildman–Crippen MR) is 243 cm³/mol. The Morgan fingerprint density at radius 3 is 1.62 bits per heavy atom. The van der Waals surface area contributed by atoms with E-state index in [1.165, 1.54) is 0 Å². The number of carbonyl (C=O) groups is 2. The number of hydrogen-bond acceptors (Lipinski definition) is 9. The zero-order valence-corrected chi connectivity index (χ0v) is 36.8. The lowest BCUT2D eigenvalue weighted by Gasteiger charge is -2.36. The Hall–Kier alpha value is -5.52. The van der Waals surface area contributed by atoms with E-state index in [0.717, 1.165) is 68.9 Å². The van der Waals surface area contributed by atoms with Crippen LogP contribution in [0.5, 0.6) is 11.5 Å². The van der Waals surface area contributed by atoms with Crippen LogP contribution < -0.4 is 19.3 Å². The van der Waals surface area contributed by atoms with Crippen LogP contribution in [0.1, 0.15) is 0 Å². The van der Waals surface area contributed by atoms with E-state index in [1.54, 1.807) is 34.5 Å². The van der Waals surface area contributed by atoms with Crippen LogP contribution >= 0.6 is 45.8 Å². The first kappa shape index (κ1) is 41.2. The topological polar surface area (TPSA) is 119 Å². The van der Waals surface area contributed by atoms with E-state index in [-0.39, 0.29) is 24.9 Å². The van der Waals surface area contributed by atoms with E-state index in [9.17, 15) is 9.59 Å². The molecule has 60 heavy (non-hydrogen) atoms. The molecule has 2 aliphatic heterocycles. The van der Waals surface area contributed by atoms with Crippen LogP contribution in [-0.2, 0) is 22.7 Å². The van der Waals surface area contributed by atoms with Crippen molar-refractivity contribution in [1.82, 2.24) is 39.1 Å². The third kappa shape index (κ3) is 8.83. The van der Waals surface area contributed by atoms with Crippen LogP contribution in [-0.4, -0.2) is 118 Å². The molecular weight excluding hydrogens is 918 g/mol. The molecule has 7 aromatic rings. The number of piperazine rings is 2. The monoisotopic (exact) mass is 960 g/mol. The number of aromatic nitrogens is 6. The lowest BCUT2D eigenvalue weighted by atomic mass is 10.2. The minimum Gasteiger partial charge on any atom is -0.495 e. The second-order valence-corrected chi connectivity index (χ2v) is 16.1. The van der Waals surface area contributed by atoms with E-state index in [4.69, 9.17) is 32.7 Å². The fraction of sp³-hybridized carbons (Fsp3) is 0.279. The third-order valence-electron chi connectivity index (χ3n) is 10.8. The highest BCUT2D eigenvalue weighted by atomic mass is 127. The fourth-order valence-electron chi connectivity index (χ4n) is 7.58. The average Bonchev–Trinajstić information content (AvgIpc) is 4.03. The number of fused-ring (bicyclic) bond motifs is 2. The molecule has 0 unspecified atom stereocenters. The summed E-state index contributed by atoms with van der Waals surface area (Å²) in [6.45, 7) is 6.14. The smallest absolute Gasteiger partial charge is 0.244 e. The van der Waals surface area contributed by atoms with Gasteiger partial charge in [-0.2, -0.15) is 15.3 Å². The van der Waals surface area contributed by atoms with Gasteiger partial charge in [0.05, 0.1) is 35.3 Å². The molecule has 310 valence electrons. The van der Waals surface area contributed by atoms with Crippen LogP contribution in [0.3, 0.4) is 0 Å². The summed E-state index contributed by atoms with van der Waals surface area (Å²) in [5.74, 6) is 2.19. The zero-order chi connectivity index (χ0) is 41.8. The minimum absolute atomic E-state index is 0.0543. The molecule has 0 bridgehead atoms. The summed E-state index contributed by atoms with van der Waals surface area (Å²) in [5.41, 5.74) is 4.01. The van der Waals surface area contributed by atoms with Gasteiger partial charge in [-0.05, 0) is 71.1 Å². The van der Waals surface area contributed by atoms with Crippen LogP contribution in [0, 0.1) is 3.70 Å². The molecule has 3 aromatic heterocycles. The number of hydrogen-bond donors (Lipinski definition) is 0. The average molecular weight is 962 g/mol. The molecule has 0 saturated carbocycles. The standard InChI is InChI=1S/C23H23ClN6O2.C20H20ClIN4O2/c1-32-21-15-17(7-8-19(21)24)27-11-13-28(14-12-27)22(31)16-30-20-6-3-2-5-18(20)23(26-30)29-10-4-9-25-29;1-28-18-12-14(6-7-16(18)21)24-8-10-25(11-9-24)19(27)13-26-17-5-3-2-4-15(17)20(22)23-26/h2-10,15H,11-14,16H2,1H3;2-7,12H,8-11,13H2,1H3. The van der Waals surface area contributed by atoms with E-state index < -0.39 is 0 Å². The number of para-hydroxylation sites is 2. The van der Waals surface area contributed by atoms with Gasteiger partial charge in [0.15, 0.2) is 5.82 Å². The van der Waals surface area contributed by atoms with Crippen molar-refractivity contribution in [2.75, 3.05) is 76.4 Å². The van der Waals surface area contributed by atoms with Crippen LogP contribution in [0.4, 0.5) is 11.4 Å². The Balaban J connectivity index is 0.000000168. The molecule has 0 radical (unpaired) electrons. The van der Waals surface area contributed by atoms with Crippen molar-refractivity contribution in [2.24, 2.45) is 0 Å². The minimum atomic E-state index is 0.0543. The molecule has 2 amide bonds. The van der Waals surface area contributed by atoms with Crippen LogP contribution in [0.25, 0.3) is 27.6 Å². The number of carbonyl (C=O) groups excluding carboxylic acids is 2. The normalized spacial score (nSPS) is 14.3. The van der Waals surface area contributed by atoms with Crippen molar-refractivity contribution in [1.29, 1.82) is 0 Å². The van der Waals surface area contributed by atoms with Crippen molar-refractivity contribution >= 4 is 90.8 Å². The Labute approximate surface area is 370 Å². The van der Waals surface area contributed by atoms with Crippen molar-refractivity contribution in [3.63, 3.8) is 0 Å². The van der Waals surface area contributed by atoms with Crippen LogP contribution in [0.15, 0.2) is 103 Å². The molecule has 0 atom stereocenters. The van der Waals surface area contributed by atoms with Gasteiger partial charge in [0.1, 0.15) is 28.3 Å². The van der Waals surface area contributed by atoms with Crippen LogP contribution in [0.2, 0.25) is 10.0 Å². The molecule has 17 heteroatoms. The van der Waals surface area contributed by atoms with Crippen molar-refractivity contribution in [3.05, 3.63) is 117 Å². The molecule has 14 nitrogen and oxygen atoms in total. The summed E-state index contributed by atoms with van der Waals surface area (Å²) in [7, 11) is 3.22. The number of benzene rings is 4. The quantitative estimate of drug-likeness (QED) is 0.143. The molecule has 2 saturated heterocycles. The first-order valence-corrected chi connectivity index (χ1v) is 21.3. The largest absolute Gasteiger partial charge is 0.495 e. The Morgan fingerprint density at radius 1 is 0.633 bits per heavy atom. The molecule has 0 aliphatic carbocycles. The van der Waals surface area contributed by atoms with Gasteiger partial charge in [-0.25, -0.2) is 4.68 Å². The molecule has 5 heterocycles. The highest BCUT2D eigenvalue weighted by molar-refractivity contribution is 14.1. The molecular formula is C43H43Cl2IN10O4. The van der Waals surface area contributed by atoms with Gasteiger partial charge in [0, 0.05) is 99.0 Å². The van der Waals surface area contributed by atoms with Gasteiger partial charge in [0.2, 0.25) is 11.8 Å². The summed E-state index contributed by atoms with van der Waals surface area (Å²) >= 11 is 14.5. The van der Waals surface area contributed by atoms with E-state index >= 15 is 0 Å². The number of methoxy groups -OCH3 is 2. The Bertz CT molecular complexity index is 2620. The summed E-state index contributed by atoms with van der Waals surface area (Å²) in [6.07, 6.45) is 3.57. The molecule has 9 rings (SSSR count). The number of anilines is 2. The molecule has 2 aliphatic rings. The lowest BCUT2D eigenvalue weighted by Crippen LogP contribution is -2.49. The van der Waals surface area contributed by atoms with Gasteiger partial charge in [-0.3, -0.25) is 19.0 Å². The number of halogens is 3. The maximum Gasteiger partial charge on any atom is 0.244 e. The maximum absolute atomic E-state index is 13.1. The number of rotatable bonds is 9. The molecule has 2 fully saturated rings. The summed E-state index contributed by atoms with van der Waals surface area (Å²) < 4.78 is 16.8. The van der Waals surface area contributed by atoms with Gasteiger partial charge < -0.3 is 29.1 Å². The molecule has 4 aromatic carbocycles. The van der Waals surface area contributed by atoms with E-state index in [1.807, 2.05) is 107 Å². The van der Waals surface area contributed by atoms with Crippen molar-refractivity contribution in [2.45, 2.75) is 13.1 Å². The lowest BCUT2D eigenvalue weighted by molar-refractivity contribution is -0.133. The SMILES string of the molecule is COc1cc(N2CCN(C(=O)Cn3nc(-n4cccn4)c4ccccc43)CC2)ccc1Cl.COc1cc(N2CCN(C(=O)Cn3nc(I)c4ccccc43)CC2)ccc1Cl. The van der Waals surface area contributed by atoms with Gasteiger partial charge in [-0.1, -0.05) is 53.5 Å². The van der Waals surface area contributed by atoms with Gasteiger partial charge >= 0.3 is 0 Å². The van der Waals surface area contributed by atoms with E-state index in [2.05, 4.69) is 47.7 Å². The zero-order valence-electron chi connectivity index (χ0n) is 33.1. The fourth-order valence-corrected chi connectivity index (χ4v) is 8.68. The highest BCUT2D eigenvalue weighted by Crippen LogP contribution is 2.31. The van der Waals surface area contributed by atoms with Crippen molar-refractivity contribution in [3.8, 4) is 17.3 Å². The maximum atomic E-state index is 13.1. The van der Waals surface area contributed by atoms with Gasteiger partial charge in [-0.15, -0.1) is 0 Å². The second kappa shape index (κ2) is 18.4. The summed E-state index contributed by atoms with van der Waals surface area (Å²) in [6, 6.07) is 29.3. The summed E-state index contributed by atoms with van der Waals surface area (Å²) in [4.78, 5) is 34.2. The highest BCUT2D eigenvalue weighted by Gasteiger charge is 2.25. The Morgan fingerprint density at radius 2 is 1.12 bits per heavy atom. The predicted octanol–water partition coefficient (Wildman–Crippen LogP) is 6.88. The molecule has 0 N–H and O–H groups in total. The number of ether oxygens (including phenoxy) is 2. The number of nitrogens with zero attached hydrogens (tertiary/aromatic N) is 10. The first-order chi connectivity index (χ1) is 29.2. The summed E-state index contributed by atoms with van der Waals surface area (Å²) in [5, 5.41) is 16.8. The third-order valence-corrected chi connectivity index (χ3v) is 12.2. The number of amides is 2. The Kier molecular flexibility index (Phi) is 12.6. The first-order valence-electron chi connectivity index (χ1n) is 19.5.